The summed E-state index contributed by atoms with van der Waals surface area (Å²) < 4.78 is 43.4. The minimum Gasteiger partial charge on any atom is -0.339 e. The third kappa shape index (κ3) is 5.41. The first-order valence-corrected chi connectivity index (χ1v) is 12.8. The van der Waals surface area contributed by atoms with Crippen molar-refractivity contribution in [1.82, 2.24) is 20.1 Å². The van der Waals surface area contributed by atoms with Crippen molar-refractivity contribution in [1.29, 1.82) is 0 Å². The Labute approximate surface area is 218 Å². The van der Waals surface area contributed by atoms with E-state index in [1.807, 2.05) is 13.8 Å². The van der Waals surface area contributed by atoms with Gasteiger partial charge in [-0.25, -0.2) is 18.7 Å². The highest BCUT2D eigenvalue weighted by Crippen LogP contribution is 2.51. The molecule has 3 aromatic heterocycles. The molecule has 2 fully saturated rings. The average molecular weight is 528 g/mol. The van der Waals surface area contributed by atoms with Gasteiger partial charge < -0.3 is 10.6 Å². The Hall–Kier alpha value is -3.76. The van der Waals surface area contributed by atoms with Crippen LogP contribution in [0.3, 0.4) is 0 Å². The molecule has 3 aromatic rings. The monoisotopic (exact) mass is 527 g/mol. The zero-order valence-corrected chi connectivity index (χ0v) is 21.1. The number of rotatable bonds is 10. The van der Waals surface area contributed by atoms with Gasteiger partial charge in [0.1, 0.15) is 17.6 Å². The van der Waals surface area contributed by atoms with Gasteiger partial charge in [-0.2, -0.15) is 9.49 Å². The molecule has 2 aliphatic rings. The Kier molecular flexibility index (Phi) is 7.18. The highest BCUT2D eigenvalue weighted by Gasteiger charge is 2.48. The minimum absolute atomic E-state index is 0.0141. The summed E-state index contributed by atoms with van der Waals surface area (Å²) in [6.07, 6.45) is 5.34. The number of anilines is 1. The van der Waals surface area contributed by atoms with E-state index in [2.05, 4.69) is 25.7 Å². The number of carbonyl (C=O) groups excluding carboxylic acids is 2. The summed E-state index contributed by atoms with van der Waals surface area (Å²) in [6.45, 7) is 3.82. The maximum Gasteiger partial charge on any atom is 0.270 e. The number of hydrogen-bond acceptors (Lipinski definition) is 4. The van der Waals surface area contributed by atoms with E-state index >= 15 is 0 Å². The van der Waals surface area contributed by atoms with E-state index in [0.717, 1.165) is 25.7 Å². The summed E-state index contributed by atoms with van der Waals surface area (Å²) in [7, 11) is 0. The lowest BCUT2D eigenvalue weighted by Gasteiger charge is -2.27. The van der Waals surface area contributed by atoms with Crippen molar-refractivity contribution >= 4 is 17.6 Å². The normalized spacial score (nSPS) is 16.2. The topological polar surface area (TPSA) is 103 Å². The summed E-state index contributed by atoms with van der Waals surface area (Å²) in [5.41, 5.74) is -0.108. The predicted octanol–water partition coefficient (Wildman–Crippen LogP) is 4.59. The molecule has 3 N–H and O–H groups in total. The quantitative estimate of drug-likeness (QED) is 0.377. The Bertz CT molecular complexity index is 1320. The van der Waals surface area contributed by atoms with Crippen LogP contribution in [0.2, 0.25) is 0 Å². The van der Waals surface area contributed by atoms with Gasteiger partial charge in [0, 0.05) is 29.4 Å². The molecule has 8 nitrogen and oxygen atoms in total. The van der Waals surface area contributed by atoms with Crippen LogP contribution in [0.25, 0.3) is 11.1 Å². The summed E-state index contributed by atoms with van der Waals surface area (Å²) in [6, 6.07) is 4.59. The number of H-pyrrole nitrogens is 1. The van der Waals surface area contributed by atoms with Crippen LogP contribution in [-0.2, 0) is 4.79 Å². The van der Waals surface area contributed by atoms with Crippen molar-refractivity contribution < 1.29 is 27.7 Å². The lowest BCUT2D eigenvalue weighted by molar-refractivity contribution is -0.377. The second-order valence-corrected chi connectivity index (χ2v) is 10.3. The van der Waals surface area contributed by atoms with Gasteiger partial charge in [-0.05, 0) is 75.5 Å². The first-order chi connectivity index (χ1) is 18.2. The molecular formula is C27H30F3N6O2+. The smallest absolute Gasteiger partial charge is 0.270 e. The highest BCUT2D eigenvalue weighted by atomic mass is 19.3. The molecular weight excluding hydrogens is 497 g/mol. The number of hydrogen-bond donors (Lipinski definition) is 2. The standard InChI is InChI=1S/C27H29F3N6O2/c1-14(2)36-20(10-12-32-36)26(37)35-23(22(15-3-4-15)16-5-6-16)27(38)34-21-8-7-18(25(30)33-21)19-13-31-11-9-17(19)24(28)29/h7-16,22-24H,3-6H2,1-2H3,(H,35,37)(H,33,34,38)/p+1/t23-/m0/s1. The molecule has 11 heteroatoms. The fraction of sp³-hybridized carbons (Fsp3) is 0.444. The molecule has 2 saturated carbocycles. The third-order valence-electron chi connectivity index (χ3n) is 7.20. The van der Waals surface area contributed by atoms with Crippen LogP contribution >= 0.6 is 0 Å². The van der Waals surface area contributed by atoms with Gasteiger partial charge >= 0.3 is 0 Å². The van der Waals surface area contributed by atoms with Crippen LogP contribution in [-0.4, -0.2) is 32.6 Å². The summed E-state index contributed by atoms with van der Waals surface area (Å²) in [5.74, 6) is -1.31. The lowest BCUT2D eigenvalue weighted by atomic mass is 9.88. The Morgan fingerprint density at radius 2 is 1.76 bits per heavy atom. The maximum absolute atomic E-state index is 15.0. The Balaban J connectivity index is 1.39. The van der Waals surface area contributed by atoms with E-state index in [-0.39, 0.29) is 34.5 Å². The maximum atomic E-state index is 15.0. The van der Waals surface area contributed by atoms with E-state index in [1.165, 1.54) is 30.6 Å². The first-order valence-electron chi connectivity index (χ1n) is 12.8. The van der Waals surface area contributed by atoms with Crippen LogP contribution in [0.5, 0.6) is 0 Å². The second-order valence-electron chi connectivity index (χ2n) is 10.3. The molecule has 0 saturated heterocycles. The van der Waals surface area contributed by atoms with Crippen LogP contribution < -0.4 is 15.6 Å². The second kappa shape index (κ2) is 10.5. The molecule has 0 bridgehead atoms. The Morgan fingerprint density at radius 1 is 1.05 bits per heavy atom. The largest absolute Gasteiger partial charge is 0.339 e. The van der Waals surface area contributed by atoms with E-state index < -0.39 is 30.2 Å². The van der Waals surface area contributed by atoms with E-state index in [0.29, 0.717) is 17.5 Å². The molecule has 0 radical (unpaired) electrons. The zero-order chi connectivity index (χ0) is 27.0. The molecule has 5 rings (SSSR count). The number of alkyl halides is 2. The molecule has 2 amide bonds. The fourth-order valence-corrected chi connectivity index (χ4v) is 5.12. The van der Waals surface area contributed by atoms with Crippen LogP contribution in [0.15, 0.2) is 42.9 Å². The Morgan fingerprint density at radius 3 is 2.37 bits per heavy atom. The SMILES string of the molecule is CC(C)n1nccc1C(=O)N[C@H](C(=O)Nc1ccc(-c2c[nH+]ccc2C(F)F)c(F)n1)C(C1CC1)C1CC1. The molecule has 3 heterocycles. The first kappa shape index (κ1) is 25.9. The number of aromatic amines is 1. The summed E-state index contributed by atoms with van der Waals surface area (Å²) >= 11 is 0. The van der Waals surface area contributed by atoms with Crippen molar-refractivity contribution in [3.63, 3.8) is 0 Å². The molecule has 1 atom stereocenters. The molecule has 2 aliphatic carbocycles. The average Bonchev–Trinajstić information content (AvgIpc) is 3.83. The number of nitrogens with zero attached hydrogens (tertiary/aromatic N) is 3. The van der Waals surface area contributed by atoms with E-state index in [1.54, 1.807) is 16.9 Å². The number of halogens is 3. The number of aromatic nitrogens is 4. The molecule has 0 spiro atoms. The number of nitrogens with one attached hydrogen (secondary N) is 3. The van der Waals surface area contributed by atoms with Gasteiger partial charge in [0.05, 0.1) is 5.56 Å². The van der Waals surface area contributed by atoms with Gasteiger partial charge in [0.2, 0.25) is 11.9 Å². The molecule has 200 valence electrons. The van der Waals surface area contributed by atoms with Gasteiger partial charge in [0.15, 0.2) is 12.4 Å². The number of amides is 2. The van der Waals surface area contributed by atoms with Crippen LogP contribution in [0.4, 0.5) is 19.0 Å². The highest BCUT2D eigenvalue weighted by molar-refractivity contribution is 6.00. The zero-order valence-electron chi connectivity index (χ0n) is 21.1. The van der Waals surface area contributed by atoms with Crippen molar-refractivity contribution in [3.05, 3.63) is 60.1 Å². The van der Waals surface area contributed by atoms with Crippen LogP contribution in [0, 0.1) is 23.7 Å². The van der Waals surface area contributed by atoms with Gasteiger partial charge in [0.25, 0.3) is 12.3 Å². The van der Waals surface area contributed by atoms with E-state index in [4.69, 9.17) is 0 Å². The van der Waals surface area contributed by atoms with Crippen molar-refractivity contribution in [2.24, 2.45) is 17.8 Å². The molecule has 0 unspecified atom stereocenters. The molecule has 0 aliphatic heterocycles. The predicted molar refractivity (Wildman–Crippen MR) is 133 cm³/mol. The van der Waals surface area contributed by atoms with Gasteiger partial charge in [-0.3, -0.25) is 14.3 Å². The third-order valence-corrected chi connectivity index (χ3v) is 7.20. The number of pyridine rings is 2. The molecule has 0 aromatic carbocycles. The van der Waals surface area contributed by atoms with Gasteiger partial charge in [-0.1, -0.05) is 0 Å². The van der Waals surface area contributed by atoms with Crippen molar-refractivity contribution in [3.8, 4) is 11.1 Å². The fourth-order valence-electron chi connectivity index (χ4n) is 5.12. The van der Waals surface area contributed by atoms with Crippen molar-refractivity contribution in [2.45, 2.75) is 58.0 Å². The van der Waals surface area contributed by atoms with Gasteiger partial charge in [-0.15, -0.1) is 0 Å². The van der Waals surface area contributed by atoms with Crippen molar-refractivity contribution in [2.75, 3.05) is 5.32 Å². The number of carbonyl (C=O) groups is 2. The summed E-state index contributed by atoms with van der Waals surface area (Å²) in [5, 5.41) is 9.79. The van der Waals surface area contributed by atoms with E-state index in [9.17, 15) is 22.8 Å². The minimum atomic E-state index is -2.79. The molecule has 38 heavy (non-hydrogen) atoms. The lowest BCUT2D eigenvalue weighted by Crippen LogP contribution is -2.50. The summed E-state index contributed by atoms with van der Waals surface area (Å²) in [4.78, 5) is 33.3. The van der Waals surface area contributed by atoms with Crippen LogP contribution in [0.1, 0.15) is 68.0 Å².